The lowest BCUT2D eigenvalue weighted by Gasteiger charge is -2.28. The molecule has 0 aliphatic heterocycles. The summed E-state index contributed by atoms with van der Waals surface area (Å²) in [5.41, 5.74) is 4.98. The van der Waals surface area contributed by atoms with E-state index in [1.165, 1.54) is 0 Å². The Morgan fingerprint density at radius 1 is 1.25 bits per heavy atom. The minimum Gasteiger partial charge on any atom is -0.356 e. The summed E-state index contributed by atoms with van der Waals surface area (Å²) in [4.78, 5) is 27.8. The largest absolute Gasteiger partial charge is 0.356 e. The molecule has 2 N–H and O–H groups in total. The van der Waals surface area contributed by atoms with E-state index in [2.05, 4.69) is 15.5 Å². The first-order valence-corrected chi connectivity index (χ1v) is 11.5. The summed E-state index contributed by atoms with van der Waals surface area (Å²) in [6, 6.07) is 3.73. The summed E-state index contributed by atoms with van der Waals surface area (Å²) in [6.45, 7) is 2.51. The molecule has 0 radical (unpaired) electrons. The molecule has 0 unspecified atom stereocenters. The van der Waals surface area contributed by atoms with Gasteiger partial charge in [-0.25, -0.2) is 0 Å². The molecule has 0 spiro atoms. The van der Waals surface area contributed by atoms with Gasteiger partial charge in [-0.3, -0.25) is 14.3 Å². The van der Waals surface area contributed by atoms with Crippen LogP contribution in [0.2, 0.25) is 0 Å². The predicted octanol–water partition coefficient (Wildman–Crippen LogP) is 3.26. The SMILES string of the molecule is Cc1cc(-c2cn(C)nc2C2CCC(CNC(=O)c3cc4c([nH]c3=O)CCC4)CC2)on1. The van der Waals surface area contributed by atoms with Crippen LogP contribution in [0.3, 0.4) is 0 Å². The van der Waals surface area contributed by atoms with Gasteiger partial charge >= 0.3 is 0 Å². The van der Waals surface area contributed by atoms with Crippen LogP contribution >= 0.6 is 0 Å². The van der Waals surface area contributed by atoms with E-state index in [0.29, 0.717) is 18.4 Å². The molecule has 5 rings (SSSR count). The Balaban J connectivity index is 1.19. The molecule has 0 atom stereocenters. The minimum atomic E-state index is -0.280. The normalized spacial score (nSPS) is 20.3. The highest BCUT2D eigenvalue weighted by Crippen LogP contribution is 2.39. The number of aryl methyl sites for hydroxylation is 4. The summed E-state index contributed by atoms with van der Waals surface area (Å²) < 4.78 is 7.32. The number of aromatic nitrogens is 4. The zero-order valence-corrected chi connectivity index (χ0v) is 18.6. The number of carbonyl (C=O) groups excluding carboxylic acids is 1. The second kappa shape index (κ2) is 8.41. The fourth-order valence-corrected chi connectivity index (χ4v) is 5.14. The molecule has 2 aliphatic rings. The average molecular weight is 436 g/mol. The minimum absolute atomic E-state index is 0.236. The monoisotopic (exact) mass is 435 g/mol. The third-order valence-electron chi connectivity index (χ3n) is 6.87. The molecular weight excluding hydrogens is 406 g/mol. The summed E-state index contributed by atoms with van der Waals surface area (Å²) >= 11 is 0. The predicted molar refractivity (Wildman–Crippen MR) is 120 cm³/mol. The maximum absolute atomic E-state index is 12.6. The lowest BCUT2D eigenvalue weighted by atomic mass is 9.79. The van der Waals surface area contributed by atoms with Gasteiger partial charge in [0.05, 0.1) is 17.0 Å². The van der Waals surface area contributed by atoms with Crippen molar-refractivity contribution in [3.63, 3.8) is 0 Å². The van der Waals surface area contributed by atoms with Crippen molar-refractivity contribution in [2.75, 3.05) is 6.54 Å². The third-order valence-corrected chi connectivity index (χ3v) is 6.87. The molecule has 1 fully saturated rings. The standard InChI is InChI=1S/C24H29N5O3/c1-14-10-21(32-28-14)19-13-29(2)27-22(19)16-8-6-15(7-9-16)12-25-23(30)18-11-17-4-3-5-20(17)26-24(18)31/h10-11,13,15-16H,3-9,12H2,1-2H3,(H,25,30)(H,26,31). The fraction of sp³-hybridized carbons (Fsp3) is 0.500. The number of hydrogen-bond donors (Lipinski definition) is 2. The summed E-state index contributed by atoms with van der Waals surface area (Å²) in [7, 11) is 1.93. The van der Waals surface area contributed by atoms with Gasteiger partial charge in [0.25, 0.3) is 11.5 Å². The quantitative estimate of drug-likeness (QED) is 0.640. The number of H-pyrrole nitrogens is 1. The highest BCUT2D eigenvalue weighted by Gasteiger charge is 2.28. The number of carbonyl (C=O) groups is 1. The van der Waals surface area contributed by atoms with Crippen molar-refractivity contribution in [1.82, 2.24) is 25.2 Å². The molecule has 3 heterocycles. The van der Waals surface area contributed by atoms with Crippen molar-refractivity contribution in [1.29, 1.82) is 0 Å². The maximum Gasteiger partial charge on any atom is 0.261 e. The van der Waals surface area contributed by atoms with Crippen LogP contribution in [0.1, 0.15) is 71.0 Å². The number of pyridine rings is 1. The molecule has 0 bridgehead atoms. The second-order valence-electron chi connectivity index (χ2n) is 9.23. The van der Waals surface area contributed by atoms with Crippen LogP contribution in [-0.2, 0) is 19.9 Å². The van der Waals surface area contributed by atoms with E-state index >= 15 is 0 Å². The molecule has 168 valence electrons. The Bertz CT molecular complexity index is 1200. The second-order valence-corrected chi connectivity index (χ2v) is 9.23. The van der Waals surface area contributed by atoms with Gasteiger partial charge in [-0.05, 0) is 69.4 Å². The molecule has 3 aromatic rings. The first-order valence-electron chi connectivity index (χ1n) is 11.5. The Kier molecular flexibility index (Phi) is 5.45. The van der Waals surface area contributed by atoms with Crippen LogP contribution in [0.25, 0.3) is 11.3 Å². The number of aromatic amines is 1. The van der Waals surface area contributed by atoms with Crippen LogP contribution in [0.15, 0.2) is 27.6 Å². The molecule has 0 saturated heterocycles. The third kappa shape index (κ3) is 4.01. The zero-order valence-electron chi connectivity index (χ0n) is 18.6. The van der Waals surface area contributed by atoms with E-state index in [0.717, 1.165) is 78.9 Å². The van der Waals surface area contributed by atoms with Gasteiger partial charge < -0.3 is 14.8 Å². The number of hydrogen-bond acceptors (Lipinski definition) is 5. The van der Waals surface area contributed by atoms with Gasteiger partial charge in [-0.15, -0.1) is 0 Å². The van der Waals surface area contributed by atoms with Crippen LogP contribution in [0.5, 0.6) is 0 Å². The molecule has 1 saturated carbocycles. The lowest BCUT2D eigenvalue weighted by Crippen LogP contribution is -2.34. The topological polar surface area (TPSA) is 106 Å². The van der Waals surface area contributed by atoms with Gasteiger partial charge in [0.15, 0.2) is 5.76 Å². The molecule has 1 amide bonds. The van der Waals surface area contributed by atoms with Crippen molar-refractivity contribution >= 4 is 5.91 Å². The summed E-state index contributed by atoms with van der Waals surface area (Å²) in [5, 5.41) is 11.7. The van der Waals surface area contributed by atoms with Crippen molar-refractivity contribution < 1.29 is 9.32 Å². The molecule has 8 nitrogen and oxygen atoms in total. The fourth-order valence-electron chi connectivity index (χ4n) is 5.14. The average Bonchev–Trinajstić information content (AvgIpc) is 3.51. The highest BCUT2D eigenvalue weighted by atomic mass is 16.5. The van der Waals surface area contributed by atoms with Gasteiger partial charge in [0, 0.05) is 37.5 Å². The van der Waals surface area contributed by atoms with Gasteiger partial charge in [0.2, 0.25) is 0 Å². The Morgan fingerprint density at radius 2 is 2.06 bits per heavy atom. The highest BCUT2D eigenvalue weighted by molar-refractivity contribution is 5.94. The molecule has 2 aliphatic carbocycles. The molecule has 3 aromatic heterocycles. The maximum atomic E-state index is 12.6. The zero-order chi connectivity index (χ0) is 22.2. The molecule has 8 heteroatoms. The Hall–Kier alpha value is -3.16. The van der Waals surface area contributed by atoms with E-state index in [-0.39, 0.29) is 17.0 Å². The van der Waals surface area contributed by atoms with E-state index in [1.807, 2.05) is 30.9 Å². The van der Waals surface area contributed by atoms with Crippen LogP contribution < -0.4 is 10.9 Å². The first kappa shape index (κ1) is 20.7. The summed E-state index contributed by atoms with van der Waals surface area (Å²) in [5.74, 6) is 1.27. The van der Waals surface area contributed by atoms with Crippen LogP contribution in [-0.4, -0.2) is 32.4 Å². The van der Waals surface area contributed by atoms with E-state index in [1.54, 1.807) is 6.07 Å². The van der Waals surface area contributed by atoms with Crippen molar-refractivity contribution in [3.8, 4) is 11.3 Å². The first-order chi connectivity index (χ1) is 15.5. The van der Waals surface area contributed by atoms with Crippen molar-refractivity contribution in [2.45, 2.75) is 57.8 Å². The van der Waals surface area contributed by atoms with E-state index in [9.17, 15) is 9.59 Å². The Labute approximate surface area is 186 Å². The van der Waals surface area contributed by atoms with Crippen LogP contribution in [0, 0.1) is 12.8 Å². The molecule has 32 heavy (non-hydrogen) atoms. The number of rotatable bonds is 5. The van der Waals surface area contributed by atoms with Gasteiger partial charge in [0.1, 0.15) is 5.56 Å². The van der Waals surface area contributed by atoms with Gasteiger partial charge in [-0.2, -0.15) is 5.10 Å². The molecular formula is C24H29N5O3. The summed E-state index contributed by atoms with van der Waals surface area (Å²) in [6.07, 6.45) is 8.90. The molecule has 0 aromatic carbocycles. The smallest absolute Gasteiger partial charge is 0.261 e. The van der Waals surface area contributed by atoms with Gasteiger partial charge in [-0.1, -0.05) is 5.16 Å². The lowest BCUT2D eigenvalue weighted by molar-refractivity contribution is 0.0941. The van der Waals surface area contributed by atoms with Crippen molar-refractivity contribution in [2.24, 2.45) is 13.0 Å². The number of nitrogens with one attached hydrogen (secondary N) is 2. The van der Waals surface area contributed by atoms with Crippen LogP contribution in [0.4, 0.5) is 0 Å². The van der Waals surface area contributed by atoms with E-state index in [4.69, 9.17) is 9.62 Å². The Morgan fingerprint density at radius 3 is 2.81 bits per heavy atom. The number of fused-ring (bicyclic) bond motifs is 1. The number of nitrogens with zero attached hydrogens (tertiary/aromatic N) is 3. The van der Waals surface area contributed by atoms with E-state index < -0.39 is 0 Å². The number of amides is 1. The van der Waals surface area contributed by atoms with Crippen molar-refractivity contribution in [3.05, 3.63) is 56.9 Å².